The summed E-state index contributed by atoms with van der Waals surface area (Å²) >= 11 is 6.16. The number of rotatable bonds is 4. The van der Waals surface area contributed by atoms with Crippen molar-refractivity contribution in [3.05, 3.63) is 58.4 Å². The minimum absolute atomic E-state index is 0.223. The van der Waals surface area contributed by atoms with Crippen LogP contribution < -0.4 is 10.2 Å². The van der Waals surface area contributed by atoms with Crippen molar-refractivity contribution in [2.24, 2.45) is 0 Å². The number of nitrogens with zero attached hydrogens (tertiary/aromatic N) is 3. The Kier molecular flexibility index (Phi) is 5.36. The van der Waals surface area contributed by atoms with Crippen molar-refractivity contribution in [3.8, 4) is 6.07 Å². The van der Waals surface area contributed by atoms with Crippen LogP contribution in [0.15, 0.2) is 36.5 Å². The fraction of sp³-hybridized carbons (Fsp3) is 0.350. The van der Waals surface area contributed by atoms with E-state index < -0.39 is 5.60 Å². The van der Waals surface area contributed by atoms with E-state index >= 15 is 0 Å². The van der Waals surface area contributed by atoms with E-state index in [0.717, 1.165) is 5.69 Å². The Bertz CT molecular complexity index is 894. The van der Waals surface area contributed by atoms with Crippen molar-refractivity contribution < 1.29 is 9.90 Å². The number of amides is 1. The monoisotopic (exact) mass is 384 g/mol. The minimum Gasteiger partial charge on any atom is -0.383 e. The van der Waals surface area contributed by atoms with Crippen LogP contribution in [0.5, 0.6) is 0 Å². The van der Waals surface area contributed by atoms with Crippen molar-refractivity contribution in [3.63, 3.8) is 0 Å². The standard InChI is InChI=1S/C20H21ClN4O2/c1-3-23-19(26)18-7-5-15(12-24-18)20(27)8-9-25(13(20)2)16-6-4-14(11-22)17(21)10-16/h4-7,10,12-13,27H,3,8-9H2,1-2H3,(H,23,26)/t13-,20-/m0/s1. The molecule has 0 aliphatic carbocycles. The molecule has 0 unspecified atom stereocenters. The number of benzene rings is 1. The Balaban J connectivity index is 1.84. The van der Waals surface area contributed by atoms with Crippen LogP contribution in [0.3, 0.4) is 0 Å². The van der Waals surface area contributed by atoms with E-state index in [2.05, 4.69) is 15.2 Å². The SMILES string of the molecule is CCNC(=O)c1ccc([C@]2(O)CCN(c3ccc(C#N)c(Cl)c3)[C@H]2C)cn1. The van der Waals surface area contributed by atoms with Crippen molar-refractivity contribution in [2.45, 2.75) is 31.9 Å². The van der Waals surface area contributed by atoms with Gasteiger partial charge >= 0.3 is 0 Å². The summed E-state index contributed by atoms with van der Waals surface area (Å²) in [6, 6.07) is 10.5. The Labute approximate surface area is 163 Å². The molecule has 140 valence electrons. The number of hydrogen-bond donors (Lipinski definition) is 2. The number of carbonyl (C=O) groups excluding carboxylic acids is 1. The number of pyridine rings is 1. The van der Waals surface area contributed by atoms with Crippen LogP contribution in [0.1, 0.15) is 41.9 Å². The molecule has 27 heavy (non-hydrogen) atoms. The van der Waals surface area contributed by atoms with E-state index in [4.69, 9.17) is 16.9 Å². The molecule has 0 bridgehead atoms. The predicted molar refractivity (Wildman–Crippen MR) is 104 cm³/mol. The van der Waals surface area contributed by atoms with Gasteiger partial charge in [-0.15, -0.1) is 0 Å². The smallest absolute Gasteiger partial charge is 0.269 e. The molecule has 1 aromatic heterocycles. The summed E-state index contributed by atoms with van der Waals surface area (Å²) in [4.78, 5) is 18.1. The Morgan fingerprint density at radius 2 is 2.26 bits per heavy atom. The third-order valence-electron chi connectivity index (χ3n) is 5.13. The third kappa shape index (κ3) is 3.48. The number of aliphatic hydroxyl groups is 1. The number of carbonyl (C=O) groups is 1. The molecule has 2 heterocycles. The average molecular weight is 385 g/mol. The highest BCUT2D eigenvalue weighted by atomic mass is 35.5. The Morgan fingerprint density at radius 1 is 1.48 bits per heavy atom. The van der Waals surface area contributed by atoms with Crippen molar-refractivity contribution in [2.75, 3.05) is 18.0 Å². The van der Waals surface area contributed by atoms with Gasteiger partial charge in [0.25, 0.3) is 5.91 Å². The maximum atomic E-state index is 11.9. The van der Waals surface area contributed by atoms with Crippen molar-refractivity contribution >= 4 is 23.2 Å². The first kappa shape index (κ1) is 19.2. The van der Waals surface area contributed by atoms with Gasteiger partial charge in [-0.05, 0) is 44.5 Å². The lowest BCUT2D eigenvalue weighted by atomic mass is 9.88. The molecule has 1 aromatic carbocycles. The van der Waals surface area contributed by atoms with E-state index in [0.29, 0.717) is 41.4 Å². The molecule has 1 fully saturated rings. The van der Waals surface area contributed by atoms with E-state index in [9.17, 15) is 9.90 Å². The third-order valence-corrected chi connectivity index (χ3v) is 5.44. The number of nitriles is 1. The van der Waals surface area contributed by atoms with E-state index in [1.807, 2.05) is 26.0 Å². The molecule has 0 spiro atoms. The minimum atomic E-state index is -1.09. The van der Waals surface area contributed by atoms with Crippen LogP contribution in [0.25, 0.3) is 0 Å². The van der Waals surface area contributed by atoms with Gasteiger partial charge in [-0.2, -0.15) is 5.26 Å². The second-order valence-corrected chi connectivity index (χ2v) is 7.02. The zero-order valence-electron chi connectivity index (χ0n) is 15.2. The second-order valence-electron chi connectivity index (χ2n) is 6.61. The number of halogens is 1. The van der Waals surface area contributed by atoms with E-state index in [1.54, 1.807) is 30.5 Å². The van der Waals surface area contributed by atoms with Gasteiger partial charge in [0, 0.05) is 30.5 Å². The first-order valence-corrected chi connectivity index (χ1v) is 9.22. The number of aromatic nitrogens is 1. The molecule has 7 heteroatoms. The van der Waals surface area contributed by atoms with Crippen molar-refractivity contribution in [1.82, 2.24) is 10.3 Å². The van der Waals surface area contributed by atoms with Gasteiger partial charge in [-0.25, -0.2) is 0 Å². The van der Waals surface area contributed by atoms with Crippen LogP contribution in [0.4, 0.5) is 5.69 Å². The zero-order chi connectivity index (χ0) is 19.6. The highest BCUT2D eigenvalue weighted by Crippen LogP contribution is 2.40. The van der Waals surface area contributed by atoms with Crippen molar-refractivity contribution in [1.29, 1.82) is 5.26 Å². The molecule has 2 atom stereocenters. The van der Waals surface area contributed by atoms with Gasteiger partial charge in [0.1, 0.15) is 17.4 Å². The normalized spacial score (nSPS) is 21.7. The summed E-state index contributed by atoms with van der Waals surface area (Å²) in [5, 5.41) is 23.4. The summed E-state index contributed by atoms with van der Waals surface area (Å²) in [5.74, 6) is -0.232. The van der Waals surface area contributed by atoms with Gasteiger partial charge < -0.3 is 15.3 Å². The Morgan fingerprint density at radius 3 is 2.85 bits per heavy atom. The predicted octanol–water partition coefficient (Wildman–Crippen LogP) is 2.84. The summed E-state index contributed by atoms with van der Waals surface area (Å²) in [5.41, 5.74) is 1.19. The molecular weight excluding hydrogens is 364 g/mol. The molecule has 2 N–H and O–H groups in total. The summed E-state index contributed by atoms with van der Waals surface area (Å²) < 4.78 is 0. The van der Waals surface area contributed by atoms with Gasteiger partial charge in [-0.1, -0.05) is 17.7 Å². The fourth-order valence-corrected chi connectivity index (χ4v) is 3.72. The number of anilines is 1. The first-order chi connectivity index (χ1) is 12.9. The van der Waals surface area contributed by atoms with Crippen LogP contribution in [-0.2, 0) is 5.60 Å². The second kappa shape index (κ2) is 7.55. The lowest BCUT2D eigenvalue weighted by Crippen LogP contribution is -2.40. The molecule has 1 aliphatic heterocycles. The highest BCUT2D eigenvalue weighted by Gasteiger charge is 2.45. The zero-order valence-corrected chi connectivity index (χ0v) is 16.0. The molecule has 6 nitrogen and oxygen atoms in total. The molecule has 1 aliphatic rings. The number of nitrogens with one attached hydrogen (secondary N) is 1. The maximum absolute atomic E-state index is 11.9. The molecule has 0 radical (unpaired) electrons. The molecule has 2 aromatic rings. The van der Waals surface area contributed by atoms with Gasteiger partial charge in [0.05, 0.1) is 16.6 Å². The molecule has 1 saturated heterocycles. The van der Waals surface area contributed by atoms with Crippen LogP contribution in [0.2, 0.25) is 5.02 Å². The molecule has 1 amide bonds. The average Bonchev–Trinajstić information content (AvgIpc) is 2.98. The van der Waals surface area contributed by atoms with Gasteiger partial charge in [0.2, 0.25) is 0 Å². The molecule has 0 saturated carbocycles. The van der Waals surface area contributed by atoms with E-state index in [-0.39, 0.29) is 11.9 Å². The topological polar surface area (TPSA) is 89.2 Å². The summed E-state index contributed by atoms with van der Waals surface area (Å²) in [6.45, 7) is 4.96. The quantitative estimate of drug-likeness (QED) is 0.846. The van der Waals surface area contributed by atoms with E-state index in [1.165, 1.54) is 0 Å². The van der Waals surface area contributed by atoms with Crippen LogP contribution >= 0.6 is 11.6 Å². The maximum Gasteiger partial charge on any atom is 0.269 e. The highest BCUT2D eigenvalue weighted by molar-refractivity contribution is 6.32. The van der Waals surface area contributed by atoms with Crippen LogP contribution in [0, 0.1) is 11.3 Å². The fourth-order valence-electron chi connectivity index (χ4n) is 3.50. The van der Waals surface area contributed by atoms with Gasteiger partial charge in [-0.3, -0.25) is 9.78 Å². The lowest BCUT2D eigenvalue weighted by molar-refractivity contribution is 0.0326. The summed E-state index contributed by atoms with van der Waals surface area (Å²) in [7, 11) is 0. The molecule has 3 rings (SSSR count). The summed E-state index contributed by atoms with van der Waals surface area (Å²) in [6.07, 6.45) is 2.09. The van der Waals surface area contributed by atoms with Crippen LogP contribution in [-0.4, -0.2) is 35.1 Å². The largest absolute Gasteiger partial charge is 0.383 e. The van der Waals surface area contributed by atoms with Gasteiger partial charge in [0.15, 0.2) is 0 Å². The Hall–Kier alpha value is -2.62. The first-order valence-electron chi connectivity index (χ1n) is 8.84. The lowest BCUT2D eigenvalue weighted by Gasteiger charge is -2.33. The molecular formula is C20H21ClN4O2. The number of hydrogen-bond acceptors (Lipinski definition) is 5.